The van der Waals surface area contributed by atoms with Gasteiger partial charge in [0.15, 0.2) is 0 Å². The maximum Gasteiger partial charge on any atom is 0.305 e. The standard InChI is InChI=1S/C20H19NO2/c1-23-20(22)11-7-14-6-10-19(21)18(12-14)17-9-8-15-4-2-3-5-16(15)13-17/h2-6,8-10,12-13H,7,11,21H2,1H3. The van der Waals surface area contributed by atoms with Crippen LogP contribution >= 0.6 is 0 Å². The molecule has 0 atom stereocenters. The van der Waals surface area contributed by atoms with Crippen LogP contribution in [0.5, 0.6) is 0 Å². The van der Waals surface area contributed by atoms with Crippen molar-refractivity contribution in [3.8, 4) is 11.1 Å². The number of nitrogen functional groups attached to an aromatic ring is 1. The summed E-state index contributed by atoms with van der Waals surface area (Å²) >= 11 is 0. The van der Waals surface area contributed by atoms with Gasteiger partial charge in [-0.2, -0.15) is 0 Å². The van der Waals surface area contributed by atoms with Crippen molar-refractivity contribution in [2.24, 2.45) is 0 Å². The van der Waals surface area contributed by atoms with Gasteiger partial charge in [-0.25, -0.2) is 0 Å². The van der Waals surface area contributed by atoms with Crippen molar-refractivity contribution in [3.63, 3.8) is 0 Å². The van der Waals surface area contributed by atoms with Gasteiger partial charge < -0.3 is 10.5 Å². The first-order valence-electron chi connectivity index (χ1n) is 7.62. The van der Waals surface area contributed by atoms with E-state index in [1.165, 1.54) is 17.9 Å². The Morgan fingerprint density at radius 1 is 1.00 bits per heavy atom. The summed E-state index contributed by atoms with van der Waals surface area (Å²) in [7, 11) is 1.41. The number of benzene rings is 3. The van der Waals surface area contributed by atoms with Crippen LogP contribution in [0.4, 0.5) is 5.69 Å². The Morgan fingerprint density at radius 3 is 2.57 bits per heavy atom. The molecule has 23 heavy (non-hydrogen) atoms. The van der Waals surface area contributed by atoms with Crippen molar-refractivity contribution in [2.45, 2.75) is 12.8 Å². The zero-order valence-electron chi connectivity index (χ0n) is 13.1. The van der Waals surface area contributed by atoms with Crippen molar-refractivity contribution in [1.29, 1.82) is 0 Å². The number of carbonyl (C=O) groups excluding carboxylic acids is 1. The second-order valence-corrected chi connectivity index (χ2v) is 5.56. The fourth-order valence-corrected chi connectivity index (χ4v) is 2.71. The molecule has 3 aromatic carbocycles. The summed E-state index contributed by atoms with van der Waals surface area (Å²) in [6, 6.07) is 20.5. The summed E-state index contributed by atoms with van der Waals surface area (Å²) in [5, 5.41) is 2.39. The second kappa shape index (κ2) is 6.53. The van der Waals surface area contributed by atoms with Crippen LogP contribution in [-0.4, -0.2) is 13.1 Å². The molecule has 0 fully saturated rings. The molecule has 0 saturated heterocycles. The Balaban J connectivity index is 1.95. The van der Waals surface area contributed by atoms with Crippen LogP contribution in [0, 0.1) is 0 Å². The van der Waals surface area contributed by atoms with Crippen molar-refractivity contribution in [2.75, 3.05) is 12.8 Å². The summed E-state index contributed by atoms with van der Waals surface area (Å²) in [4.78, 5) is 11.3. The lowest BCUT2D eigenvalue weighted by atomic mass is 9.97. The molecule has 0 heterocycles. The topological polar surface area (TPSA) is 52.3 Å². The smallest absolute Gasteiger partial charge is 0.305 e. The minimum absolute atomic E-state index is 0.200. The third kappa shape index (κ3) is 3.34. The van der Waals surface area contributed by atoms with Crippen molar-refractivity contribution in [1.82, 2.24) is 0 Å². The van der Waals surface area contributed by atoms with E-state index in [4.69, 9.17) is 10.5 Å². The number of nitrogens with two attached hydrogens (primary N) is 1. The van der Waals surface area contributed by atoms with E-state index in [0.717, 1.165) is 22.4 Å². The van der Waals surface area contributed by atoms with Gasteiger partial charge >= 0.3 is 5.97 Å². The number of rotatable bonds is 4. The van der Waals surface area contributed by atoms with Gasteiger partial charge in [-0.15, -0.1) is 0 Å². The summed E-state index contributed by atoms with van der Waals surface area (Å²) in [5.74, 6) is -0.200. The fourth-order valence-electron chi connectivity index (χ4n) is 2.71. The first kappa shape index (κ1) is 15.1. The van der Waals surface area contributed by atoms with Crippen molar-refractivity contribution >= 4 is 22.4 Å². The molecule has 0 saturated carbocycles. The number of fused-ring (bicyclic) bond motifs is 1. The van der Waals surface area contributed by atoms with E-state index >= 15 is 0 Å². The van der Waals surface area contributed by atoms with Crippen LogP contribution < -0.4 is 5.73 Å². The normalized spacial score (nSPS) is 10.7. The zero-order valence-corrected chi connectivity index (χ0v) is 13.1. The van der Waals surface area contributed by atoms with Gasteiger partial charge in [0, 0.05) is 17.7 Å². The first-order chi connectivity index (χ1) is 11.2. The fraction of sp³-hybridized carbons (Fsp3) is 0.150. The molecule has 116 valence electrons. The molecule has 0 aliphatic rings. The molecular formula is C20H19NO2. The molecule has 0 radical (unpaired) electrons. The lowest BCUT2D eigenvalue weighted by Gasteiger charge is -2.10. The summed E-state index contributed by atoms with van der Waals surface area (Å²) in [6.45, 7) is 0. The maximum absolute atomic E-state index is 11.3. The predicted octanol–water partition coefficient (Wildman–Crippen LogP) is 4.19. The number of esters is 1. The number of aryl methyl sites for hydroxylation is 1. The quantitative estimate of drug-likeness (QED) is 0.580. The highest BCUT2D eigenvalue weighted by atomic mass is 16.5. The molecule has 0 bridgehead atoms. The molecule has 0 spiro atoms. The van der Waals surface area contributed by atoms with E-state index in [9.17, 15) is 4.79 Å². The molecule has 0 aliphatic carbocycles. The van der Waals surface area contributed by atoms with E-state index < -0.39 is 0 Å². The third-order valence-electron chi connectivity index (χ3n) is 4.02. The number of carbonyl (C=O) groups is 1. The summed E-state index contributed by atoms with van der Waals surface area (Å²) in [6.07, 6.45) is 1.02. The Kier molecular flexibility index (Phi) is 4.29. The SMILES string of the molecule is COC(=O)CCc1ccc(N)c(-c2ccc3ccccc3c2)c1. The molecule has 3 rings (SSSR count). The Labute approximate surface area is 135 Å². The van der Waals surface area contributed by atoms with E-state index in [1.54, 1.807) is 0 Å². The summed E-state index contributed by atoms with van der Waals surface area (Å²) < 4.78 is 4.70. The molecule has 0 amide bonds. The van der Waals surface area contributed by atoms with Gasteiger partial charge in [-0.05, 0) is 46.5 Å². The largest absolute Gasteiger partial charge is 0.469 e. The predicted molar refractivity (Wildman–Crippen MR) is 94.1 cm³/mol. The Hall–Kier alpha value is -2.81. The highest BCUT2D eigenvalue weighted by Gasteiger charge is 2.07. The number of hydrogen-bond acceptors (Lipinski definition) is 3. The van der Waals surface area contributed by atoms with E-state index in [1.807, 2.05) is 24.3 Å². The highest BCUT2D eigenvalue weighted by Crippen LogP contribution is 2.30. The minimum Gasteiger partial charge on any atom is -0.469 e. The second-order valence-electron chi connectivity index (χ2n) is 5.56. The van der Waals surface area contributed by atoms with Gasteiger partial charge in [-0.1, -0.05) is 42.5 Å². The average molecular weight is 305 g/mol. The Morgan fingerprint density at radius 2 is 1.78 bits per heavy atom. The van der Waals surface area contributed by atoms with Crippen LogP contribution in [0.2, 0.25) is 0 Å². The number of anilines is 1. The van der Waals surface area contributed by atoms with Gasteiger partial charge in [0.25, 0.3) is 0 Å². The van der Waals surface area contributed by atoms with Crippen LogP contribution in [0.15, 0.2) is 60.7 Å². The van der Waals surface area contributed by atoms with Crippen LogP contribution in [0.1, 0.15) is 12.0 Å². The first-order valence-corrected chi connectivity index (χ1v) is 7.62. The lowest BCUT2D eigenvalue weighted by Crippen LogP contribution is -2.02. The molecule has 3 heteroatoms. The minimum atomic E-state index is -0.200. The maximum atomic E-state index is 11.3. The number of hydrogen-bond donors (Lipinski definition) is 1. The van der Waals surface area contributed by atoms with Gasteiger partial charge in [-0.3, -0.25) is 4.79 Å². The lowest BCUT2D eigenvalue weighted by molar-refractivity contribution is -0.140. The van der Waals surface area contributed by atoms with E-state index in [-0.39, 0.29) is 5.97 Å². The molecule has 2 N–H and O–H groups in total. The molecule has 0 aromatic heterocycles. The average Bonchev–Trinajstić information content (AvgIpc) is 2.60. The summed E-state index contributed by atoms with van der Waals surface area (Å²) in [5.41, 5.74) is 10.1. The van der Waals surface area contributed by atoms with Crippen molar-refractivity contribution in [3.05, 3.63) is 66.2 Å². The molecule has 0 unspecified atom stereocenters. The van der Waals surface area contributed by atoms with Gasteiger partial charge in [0.05, 0.1) is 7.11 Å². The molecule has 3 nitrogen and oxygen atoms in total. The van der Waals surface area contributed by atoms with Crippen LogP contribution in [0.25, 0.3) is 21.9 Å². The van der Waals surface area contributed by atoms with Crippen molar-refractivity contribution < 1.29 is 9.53 Å². The zero-order chi connectivity index (χ0) is 16.2. The van der Waals surface area contributed by atoms with Gasteiger partial charge in [0.1, 0.15) is 0 Å². The molecule has 0 aliphatic heterocycles. The van der Waals surface area contributed by atoms with Gasteiger partial charge in [0.2, 0.25) is 0 Å². The highest BCUT2D eigenvalue weighted by molar-refractivity contribution is 5.89. The third-order valence-corrected chi connectivity index (χ3v) is 4.02. The molecule has 3 aromatic rings. The number of methoxy groups -OCH3 is 1. The van der Waals surface area contributed by atoms with Crippen LogP contribution in [0.3, 0.4) is 0 Å². The number of ether oxygens (including phenoxy) is 1. The van der Waals surface area contributed by atoms with E-state index in [0.29, 0.717) is 12.8 Å². The Bertz CT molecular complexity index is 855. The van der Waals surface area contributed by atoms with Crippen LogP contribution in [-0.2, 0) is 16.0 Å². The molecular weight excluding hydrogens is 286 g/mol. The van der Waals surface area contributed by atoms with E-state index in [2.05, 4.69) is 36.4 Å². The monoisotopic (exact) mass is 305 g/mol.